The van der Waals surface area contributed by atoms with Crippen molar-refractivity contribution in [1.29, 1.82) is 0 Å². The van der Waals surface area contributed by atoms with Gasteiger partial charge < -0.3 is 30.6 Å². The number of rotatable bonds is 4. The molecule has 0 aliphatic heterocycles. The van der Waals surface area contributed by atoms with Crippen LogP contribution in [0.4, 0.5) is 5.69 Å². The Hall–Kier alpha value is -2.69. The van der Waals surface area contributed by atoms with Gasteiger partial charge in [0.2, 0.25) is 10.0 Å². The number of phenols is 4. The second-order valence-corrected chi connectivity index (χ2v) is 8.78. The summed E-state index contributed by atoms with van der Waals surface area (Å²) in [5.41, 5.74) is 0.503. The van der Waals surface area contributed by atoms with Crippen molar-refractivity contribution in [3.8, 4) is 23.0 Å². The summed E-state index contributed by atoms with van der Waals surface area (Å²) >= 11 is 0. The number of anilines is 1. The first kappa shape index (κ1) is 20.1. The zero-order chi connectivity index (χ0) is 21.0. The van der Waals surface area contributed by atoms with Gasteiger partial charge in [-0.05, 0) is 18.6 Å². The van der Waals surface area contributed by atoms with Gasteiger partial charge in [-0.2, -0.15) is 0 Å². The molecule has 2 atom stereocenters. The van der Waals surface area contributed by atoms with Crippen LogP contribution in [0, 0.1) is 6.92 Å². The Morgan fingerprint density at radius 3 is 1.75 bits per heavy atom. The van der Waals surface area contributed by atoms with E-state index in [1.807, 2.05) is 0 Å². The van der Waals surface area contributed by atoms with E-state index in [1.54, 1.807) is 6.92 Å². The molecule has 10 heteroatoms. The zero-order valence-electron chi connectivity index (χ0n) is 15.0. The first-order valence-electron chi connectivity index (χ1n) is 8.33. The molecule has 152 valence electrons. The van der Waals surface area contributed by atoms with Gasteiger partial charge in [-0.25, -0.2) is 8.42 Å². The molecule has 0 heterocycles. The lowest BCUT2D eigenvalue weighted by atomic mass is 9.62. The predicted molar refractivity (Wildman–Crippen MR) is 100 cm³/mol. The van der Waals surface area contributed by atoms with Crippen LogP contribution in [0.1, 0.15) is 28.5 Å². The fourth-order valence-electron chi connectivity index (χ4n) is 3.82. The summed E-state index contributed by atoms with van der Waals surface area (Å²) < 4.78 is 24.7. The lowest BCUT2D eigenvalue weighted by molar-refractivity contribution is -0.0806. The standard InChI is InChI=1S/C18H21NO8S/c1-7-3-9(20)6-12(23)13(7)15-17(24)16(18(15)25)14-10(21)4-8(5-11(14)22)19-28(2,26)27/h3-6,15-25H,1-2H3. The third kappa shape index (κ3) is 3.41. The van der Waals surface area contributed by atoms with Crippen LogP contribution in [0.25, 0.3) is 0 Å². The molecule has 0 aromatic heterocycles. The fraction of sp³-hybridized carbons (Fsp3) is 0.333. The normalized spacial score (nSPS) is 24.6. The second-order valence-electron chi connectivity index (χ2n) is 7.03. The van der Waals surface area contributed by atoms with Crippen molar-refractivity contribution in [2.45, 2.75) is 31.0 Å². The Bertz CT molecular complexity index is 980. The largest absolute Gasteiger partial charge is 0.508 e. The Labute approximate surface area is 161 Å². The molecule has 7 N–H and O–H groups in total. The Morgan fingerprint density at radius 1 is 0.821 bits per heavy atom. The van der Waals surface area contributed by atoms with Crippen molar-refractivity contribution in [1.82, 2.24) is 0 Å². The highest BCUT2D eigenvalue weighted by molar-refractivity contribution is 7.92. The van der Waals surface area contributed by atoms with E-state index in [-0.39, 0.29) is 28.3 Å². The van der Waals surface area contributed by atoms with E-state index < -0.39 is 45.6 Å². The SMILES string of the molecule is Cc1cc(O)cc(O)c1C1C(O)C(c2c(O)cc(NS(C)(=O)=O)cc2O)C1O. The van der Waals surface area contributed by atoms with Crippen LogP contribution in [0.3, 0.4) is 0 Å². The number of aliphatic hydroxyl groups excluding tert-OH is 2. The molecule has 1 fully saturated rings. The first-order chi connectivity index (χ1) is 12.9. The molecule has 2 aromatic rings. The molecule has 0 amide bonds. The van der Waals surface area contributed by atoms with Crippen molar-refractivity contribution >= 4 is 15.7 Å². The smallest absolute Gasteiger partial charge is 0.229 e. The van der Waals surface area contributed by atoms with Crippen molar-refractivity contribution in [2.75, 3.05) is 11.0 Å². The van der Waals surface area contributed by atoms with E-state index in [0.29, 0.717) is 5.56 Å². The minimum absolute atomic E-state index is 0.0758. The monoisotopic (exact) mass is 411 g/mol. The van der Waals surface area contributed by atoms with Gasteiger partial charge >= 0.3 is 0 Å². The molecule has 3 rings (SSSR count). The van der Waals surface area contributed by atoms with E-state index in [2.05, 4.69) is 4.72 Å². The number of hydrogen-bond donors (Lipinski definition) is 7. The zero-order valence-corrected chi connectivity index (χ0v) is 15.8. The predicted octanol–water partition coefficient (Wildman–Crippen LogP) is 0.792. The molecular weight excluding hydrogens is 390 g/mol. The Balaban J connectivity index is 1.95. The third-order valence-corrected chi connectivity index (χ3v) is 5.53. The molecular formula is C18H21NO8S. The molecule has 2 unspecified atom stereocenters. The average molecular weight is 411 g/mol. The highest BCUT2D eigenvalue weighted by atomic mass is 32.2. The summed E-state index contributed by atoms with van der Waals surface area (Å²) in [6.07, 6.45) is -1.60. The first-order valence-corrected chi connectivity index (χ1v) is 10.2. The summed E-state index contributed by atoms with van der Waals surface area (Å²) in [7, 11) is -3.63. The number of benzene rings is 2. The molecule has 2 aromatic carbocycles. The quantitative estimate of drug-likeness (QED) is 0.387. The van der Waals surface area contributed by atoms with E-state index in [1.165, 1.54) is 6.07 Å². The summed E-state index contributed by atoms with van der Waals surface area (Å²) in [4.78, 5) is 0. The second kappa shape index (κ2) is 6.73. The lowest BCUT2D eigenvalue weighted by Gasteiger charge is -2.47. The van der Waals surface area contributed by atoms with Crippen molar-refractivity contribution < 1.29 is 39.1 Å². The van der Waals surface area contributed by atoms with Crippen LogP contribution in [-0.4, -0.2) is 57.5 Å². The van der Waals surface area contributed by atoms with Gasteiger partial charge in [-0.3, -0.25) is 4.72 Å². The summed E-state index contributed by atoms with van der Waals surface area (Å²) in [6, 6.07) is 4.59. The van der Waals surface area contributed by atoms with Crippen molar-refractivity contribution in [3.05, 3.63) is 41.0 Å². The summed E-state index contributed by atoms with van der Waals surface area (Å²) in [6.45, 7) is 1.60. The van der Waals surface area contributed by atoms with Gasteiger partial charge in [0.15, 0.2) is 0 Å². The Morgan fingerprint density at radius 2 is 1.29 bits per heavy atom. The third-order valence-electron chi connectivity index (χ3n) is 4.93. The molecule has 0 radical (unpaired) electrons. The van der Waals surface area contributed by atoms with E-state index in [4.69, 9.17) is 0 Å². The maximum atomic E-state index is 11.3. The number of hydrogen-bond acceptors (Lipinski definition) is 8. The van der Waals surface area contributed by atoms with Crippen LogP contribution in [0.5, 0.6) is 23.0 Å². The van der Waals surface area contributed by atoms with Crippen LogP contribution < -0.4 is 4.72 Å². The van der Waals surface area contributed by atoms with E-state index in [9.17, 15) is 39.1 Å². The average Bonchev–Trinajstić information content (AvgIpc) is 2.52. The molecule has 0 saturated heterocycles. The Kier molecular flexibility index (Phi) is 4.82. The van der Waals surface area contributed by atoms with Crippen molar-refractivity contribution in [2.24, 2.45) is 0 Å². The number of aliphatic hydroxyl groups is 2. The van der Waals surface area contributed by atoms with Gasteiger partial charge in [0.1, 0.15) is 23.0 Å². The minimum Gasteiger partial charge on any atom is -0.508 e. The molecule has 9 nitrogen and oxygen atoms in total. The molecule has 1 saturated carbocycles. The van der Waals surface area contributed by atoms with Gasteiger partial charge in [0.25, 0.3) is 0 Å². The molecule has 0 spiro atoms. The maximum Gasteiger partial charge on any atom is 0.229 e. The lowest BCUT2D eigenvalue weighted by Crippen LogP contribution is -2.52. The van der Waals surface area contributed by atoms with E-state index in [0.717, 1.165) is 24.5 Å². The number of phenolic OH excluding ortho intramolecular Hbond substituents is 4. The summed E-state index contributed by atoms with van der Waals surface area (Å²) in [5, 5.41) is 61.3. The molecule has 1 aliphatic carbocycles. The number of sulfonamides is 1. The van der Waals surface area contributed by atoms with Gasteiger partial charge in [0.05, 0.1) is 24.2 Å². The highest BCUT2D eigenvalue weighted by Gasteiger charge is 2.53. The van der Waals surface area contributed by atoms with Gasteiger partial charge in [-0.15, -0.1) is 0 Å². The van der Waals surface area contributed by atoms with E-state index >= 15 is 0 Å². The van der Waals surface area contributed by atoms with Crippen LogP contribution in [-0.2, 0) is 10.0 Å². The van der Waals surface area contributed by atoms with Gasteiger partial charge in [0, 0.05) is 41.2 Å². The topological polar surface area (TPSA) is 168 Å². The number of nitrogens with one attached hydrogen (secondary N) is 1. The fourth-order valence-corrected chi connectivity index (χ4v) is 4.37. The molecule has 0 bridgehead atoms. The van der Waals surface area contributed by atoms with Crippen LogP contribution in [0.2, 0.25) is 0 Å². The molecule has 28 heavy (non-hydrogen) atoms. The van der Waals surface area contributed by atoms with Crippen LogP contribution in [0.15, 0.2) is 24.3 Å². The number of aryl methyl sites for hydroxylation is 1. The highest BCUT2D eigenvalue weighted by Crippen LogP contribution is 2.55. The number of aromatic hydroxyl groups is 4. The minimum atomic E-state index is -3.63. The molecule has 1 aliphatic rings. The maximum absolute atomic E-state index is 11.3. The van der Waals surface area contributed by atoms with Crippen molar-refractivity contribution in [3.63, 3.8) is 0 Å². The van der Waals surface area contributed by atoms with Crippen LogP contribution >= 0.6 is 0 Å². The summed E-state index contributed by atoms with van der Waals surface area (Å²) in [5.74, 6) is -3.43. The van der Waals surface area contributed by atoms with Gasteiger partial charge in [-0.1, -0.05) is 0 Å².